The van der Waals surface area contributed by atoms with Crippen molar-refractivity contribution in [3.63, 3.8) is 0 Å². The molecule has 2 aromatic rings. The second kappa shape index (κ2) is 6.79. The second-order valence-corrected chi connectivity index (χ2v) is 5.46. The molecule has 0 fully saturated rings. The molecule has 0 spiro atoms. The maximum atomic E-state index is 11.7. The van der Waals surface area contributed by atoms with E-state index in [0.29, 0.717) is 22.3 Å². The lowest BCUT2D eigenvalue weighted by molar-refractivity contribution is -0.147. The van der Waals surface area contributed by atoms with Crippen LogP contribution in [0, 0.1) is 6.92 Å². The fourth-order valence-electron chi connectivity index (χ4n) is 2.09. The highest BCUT2D eigenvalue weighted by Crippen LogP contribution is 2.32. The van der Waals surface area contributed by atoms with Crippen LogP contribution in [0.1, 0.15) is 11.1 Å². The lowest BCUT2D eigenvalue weighted by Gasteiger charge is -2.08. The summed E-state index contributed by atoms with van der Waals surface area (Å²) in [6.45, 7) is 2.07. The zero-order valence-electron chi connectivity index (χ0n) is 12.5. The van der Waals surface area contributed by atoms with Gasteiger partial charge >= 0.3 is 5.97 Å². The number of hydrogen-bond acceptors (Lipinski definition) is 5. The molecule has 0 amide bonds. The maximum absolute atomic E-state index is 11.7. The van der Waals surface area contributed by atoms with Gasteiger partial charge in [-0.1, -0.05) is 17.7 Å². The van der Waals surface area contributed by atoms with Crippen LogP contribution in [0.3, 0.4) is 0 Å². The molecule has 0 saturated heterocycles. The second-order valence-electron chi connectivity index (χ2n) is 5.05. The van der Waals surface area contributed by atoms with Gasteiger partial charge in [0.1, 0.15) is 12.4 Å². The van der Waals surface area contributed by atoms with Crippen molar-refractivity contribution in [1.29, 1.82) is 0 Å². The highest BCUT2D eigenvalue weighted by atomic mass is 35.5. The van der Waals surface area contributed by atoms with E-state index in [-0.39, 0.29) is 20.0 Å². The first-order valence-corrected chi connectivity index (χ1v) is 7.43. The van der Waals surface area contributed by atoms with E-state index in [1.54, 1.807) is 30.3 Å². The third-order valence-electron chi connectivity index (χ3n) is 3.32. The first kappa shape index (κ1) is 15.5. The van der Waals surface area contributed by atoms with Crippen molar-refractivity contribution in [2.24, 2.45) is 0 Å². The van der Waals surface area contributed by atoms with Crippen molar-refractivity contribution in [3.05, 3.63) is 52.5 Å². The van der Waals surface area contributed by atoms with Gasteiger partial charge in [0, 0.05) is 5.02 Å². The van der Waals surface area contributed by atoms with Gasteiger partial charge in [-0.2, -0.15) is 0 Å². The summed E-state index contributed by atoms with van der Waals surface area (Å²) >= 11 is 5.93. The predicted molar refractivity (Wildman–Crippen MR) is 84.0 cm³/mol. The number of aryl methyl sites for hydroxylation is 1. The van der Waals surface area contributed by atoms with Crippen LogP contribution in [-0.2, 0) is 16.1 Å². The first-order chi connectivity index (χ1) is 11.1. The quantitative estimate of drug-likeness (QED) is 0.783. The monoisotopic (exact) mass is 334 g/mol. The van der Waals surface area contributed by atoms with Gasteiger partial charge in [-0.15, -0.1) is 0 Å². The van der Waals surface area contributed by atoms with E-state index in [0.717, 1.165) is 11.1 Å². The van der Waals surface area contributed by atoms with E-state index >= 15 is 0 Å². The van der Waals surface area contributed by atoms with Gasteiger partial charge in [0.05, 0.1) is 0 Å². The molecule has 3 rings (SSSR count). The number of rotatable bonds is 5. The third kappa shape index (κ3) is 3.87. The maximum Gasteiger partial charge on any atom is 0.344 e. The molecular formula is C17H15ClO5. The van der Waals surface area contributed by atoms with Gasteiger partial charge in [-0.3, -0.25) is 0 Å². The van der Waals surface area contributed by atoms with Crippen LogP contribution >= 0.6 is 11.6 Å². The van der Waals surface area contributed by atoms with E-state index < -0.39 is 5.97 Å². The summed E-state index contributed by atoms with van der Waals surface area (Å²) in [6.07, 6.45) is 0. The minimum absolute atomic E-state index is 0.151. The molecule has 0 radical (unpaired) electrons. The zero-order chi connectivity index (χ0) is 16.2. The Bertz CT molecular complexity index is 729. The van der Waals surface area contributed by atoms with Gasteiger partial charge in [-0.05, 0) is 48.4 Å². The van der Waals surface area contributed by atoms with Crippen molar-refractivity contribution in [2.75, 3.05) is 13.4 Å². The highest BCUT2D eigenvalue weighted by molar-refractivity contribution is 6.31. The Hall–Kier alpha value is -2.40. The molecule has 0 atom stereocenters. The molecule has 5 nitrogen and oxygen atoms in total. The largest absolute Gasteiger partial charge is 0.482 e. The molecule has 0 saturated carbocycles. The van der Waals surface area contributed by atoms with Gasteiger partial charge in [0.25, 0.3) is 0 Å². The molecule has 1 heterocycles. The number of halogens is 1. The van der Waals surface area contributed by atoms with Gasteiger partial charge in [0.2, 0.25) is 6.79 Å². The molecule has 6 heteroatoms. The fourth-order valence-corrected chi connectivity index (χ4v) is 2.20. The van der Waals surface area contributed by atoms with Crippen molar-refractivity contribution >= 4 is 17.6 Å². The van der Waals surface area contributed by atoms with Gasteiger partial charge in [-0.25, -0.2) is 4.79 Å². The van der Waals surface area contributed by atoms with E-state index in [1.807, 2.05) is 13.0 Å². The van der Waals surface area contributed by atoms with Crippen molar-refractivity contribution in [1.82, 2.24) is 0 Å². The summed E-state index contributed by atoms with van der Waals surface area (Å²) in [5, 5.41) is 0.655. The predicted octanol–water partition coefficient (Wildman–Crippen LogP) is 3.50. The molecule has 23 heavy (non-hydrogen) atoms. The lowest BCUT2D eigenvalue weighted by atomic mass is 10.2. The van der Waals surface area contributed by atoms with E-state index in [1.165, 1.54) is 0 Å². The van der Waals surface area contributed by atoms with Crippen LogP contribution in [0.4, 0.5) is 0 Å². The molecule has 0 N–H and O–H groups in total. The summed E-state index contributed by atoms with van der Waals surface area (Å²) in [6, 6.07) is 10.6. The molecule has 120 valence electrons. The Morgan fingerprint density at radius 1 is 1.17 bits per heavy atom. The molecule has 1 aliphatic rings. The van der Waals surface area contributed by atoms with Gasteiger partial charge < -0.3 is 18.9 Å². The molecule has 0 aliphatic carbocycles. The van der Waals surface area contributed by atoms with Crippen LogP contribution in [0.15, 0.2) is 36.4 Å². The number of hydrogen-bond donors (Lipinski definition) is 0. The van der Waals surface area contributed by atoms with Crippen molar-refractivity contribution in [2.45, 2.75) is 13.5 Å². The SMILES string of the molecule is Cc1cc(OCC(=O)OCc2ccc3c(c2)OCO3)ccc1Cl. The fraction of sp³-hybridized carbons (Fsp3) is 0.235. The zero-order valence-corrected chi connectivity index (χ0v) is 13.3. The number of carbonyl (C=O) groups is 1. The summed E-state index contributed by atoms with van der Waals surface area (Å²) in [5.74, 6) is 1.48. The average molecular weight is 335 g/mol. The normalized spacial score (nSPS) is 12.1. The van der Waals surface area contributed by atoms with Crippen LogP contribution in [0.25, 0.3) is 0 Å². The van der Waals surface area contributed by atoms with Gasteiger partial charge in [0.15, 0.2) is 18.1 Å². The molecule has 0 aromatic heterocycles. The molecule has 1 aliphatic heterocycles. The smallest absolute Gasteiger partial charge is 0.344 e. The summed E-state index contributed by atoms with van der Waals surface area (Å²) in [7, 11) is 0. The van der Waals surface area contributed by atoms with Crippen molar-refractivity contribution in [3.8, 4) is 17.2 Å². The lowest BCUT2D eigenvalue weighted by Crippen LogP contribution is -2.14. The summed E-state index contributed by atoms with van der Waals surface area (Å²) in [5.41, 5.74) is 1.71. The summed E-state index contributed by atoms with van der Waals surface area (Å²) < 4.78 is 21.1. The Morgan fingerprint density at radius 2 is 2.00 bits per heavy atom. The highest BCUT2D eigenvalue weighted by Gasteiger charge is 2.14. The number of fused-ring (bicyclic) bond motifs is 1. The minimum atomic E-state index is -0.449. The standard InChI is InChI=1S/C17H15ClO5/c1-11-6-13(3-4-14(11)18)20-9-17(19)21-8-12-2-5-15-16(7-12)23-10-22-15/h2-7H,8-10H2,1H3. The van der Waals surface area contributed by atoms with Crippen LogP contribution in [-0.4, -0.2) is 19.4 Å². The van der Waals surface area contributed by atoms with Crippen LogP contribution in [0.5, 0.6) is 17.2 Å². The number of carbonyl (C=O) groups excluding carboxylic acids is 1. The average Bonchev–Trinajstić information content (AvgIpc) is 3.01. The Kier molecular flexibility index (Phi) is 4.57. The van der Waals surface area contributed by atoms with E-state index in [2.05, 4.69) is 0 Å². The van der Waals surface area contributed by atoms with Crippen LogP contribution in [0.2, 0.25) is 5.02 Å². The Labute approximate surface area is 138 Å². The molecular weight excluding hydrogens is 320 g/mol. The molecule has 0 unspecified atom stereocenters. The number of ether oxygens (including phenoxy) is 4. The minimum Gasteiger partial charge on any atom is -0.482 e. The van der Waals surface area contributed by atoms with Crippen molar-refractivity contribution < 1.29 is 23.7 Å². The molecule has 2 aromatic carbocycles. The third-order valence-corrected chi connectivity index (χ3v) is 3.75. The Morgan fingerprint density at radius 3 is 2.83 bits per heavy atom. The van der Waals surface area contributed by atoms with Crippen LogP contribution < -0.4 is 14.2 Å². The molecule has 0 bridgehead atoms. The Balaban J connectivity index is 1.48. The number of benzene rings is 2. The van der Waals surface area contributed by atoms with E-state index in [9.17, 15) is 4.79 Å². The topological polar surface area (TPSA) is 54.0 Å². The first-order valence-electron chi connectivity index (χ1n) is 7.05. The number of esters is 1. The summed E-state index contributed by atoms with van der Waals surface area (Å²) in [4.78, 5) is 11.7. The van der Waals surface area contributed by atoms with E-state index in [4.69, 9.17) is 30.5 Å².